The Bertz CT molecular complexity index is 787. The van der Waals surface area contributed by atoms with E-state index in [9.17, 15) is 9.18 Å². The Morgan fingerprint density at radius 2 is 1.88 bits per heavy atom. The molecule has 1 aromatic carbocycles. The van der Waals surface area contributed by atoms with E-state index in [1.807, 2.05) is 4.90 Å². The van der Waals surface area contributed by atoms with Crippen molar-refractivity contribution in [2.75, 3.05) is 20.1 Å². The fraction of sp³-hybridized carbons (Fsp3) is 0.500. The number of aromatic nitrogens is 3. The number of benzene rings is 1. The second kappa shape index (κ2) is 6.22. The molecule has 1 aromatic heterocycles. The maximum atomic E-state index is 13.1. The minimum Gasteiger partial charge on any atom is -0.329 e. The summed E-state index contributed by atoms with van der Waals surface area (Å²) < 4.78 is 14.7. The third-order valence-electron chi connectivity index (χ3n) is 5.25. The van der Waals surface area contributed by atoms with Crippen LogP contribution in [0.4, 0.5) is 4.39 Å². The Morgan fingerprint density at radius 1 is 1.16 bits per heavy atom. The molecule has 0 N–H and O–H groups in total. The van der Waals surface area contributed by atoms with Crippen molar-refractivity contribution >= 4 is 5.91 Å². The zero-order valence-electron chi connectivity index (χ0n) is 14.5. The van der Waals surface area contributed by atoms with Gasteiger partial charge in [-0.1, -0.05) is 0 Å². The van der Waals surface area contributed by atoms with Crippen LogP contribution in [0, 0.1) is 12.7 Å². The van der Waals surface area contributed by atoms with E-state index in [-0.39, 0.29) is 29.6 Å². The Labute approximate surface area is 146 Å². The molecule has 2 fully saturated rings. The van der Waals surface area contributed by atoms with Crippen LogP contribution in [0.25, 0.3) is 5.69 Å². The van der Waals surface area contributed by atoms with Crippen LogP contribution in [-0.4, -0.2) is 62.7 Å². The fourth-order valence-electron chi connectivity index (χ4n) is 4.00. The van der Waals surface area contributed by atoms with Gasteiger partial charge >= 0.3 is 0 Å². The van der Waals surface area contributed by atoms with Gasteiger partial charge in [0.2, 0.25) is 5.82 Å². The second-order valence-corrected chi connectivity index (χ2v) is 7.02. The highest BCUT2D eigenvalue weighted by molar-refractivity contribution is 5.91. The van der Waals surface area contributed by atoms with E-state index in [4.69, 9.17) is 0 Å². The highest BCUT2D eigenvalue weighted by Gasteiger charge is 2.40. The first-order chi connectivity index (χ1) is 12.0. The minimum atomic E-state index is -0.303. The molecule has 0 radical (unpaired) electrons. The number of hydrogen-bond acceptors (Lipinski definition) is 4. The Morgan fingerprint density at radius 3 is 2.64 bits per heavy atom. The molecule has 25 heavy (non-hydrogen) atoms. The molecule has 2 aromatic rings. The molecule has 6 nitrogen and oxygen atoms in total. The van der Waals surface area contributed by atoms with E-state index >= 15 is 0 Å². The molecule has 2 saturated heterocycles. The molecule has 1 unspecified atom stereocenters. The minimum absolute atomic E-state index is 0.0910. The lowest BCUT2D eigenvalue weighted by Crippen LogP contribution is -2.43. The molecule has 1 amide bonds. The van der Waals surface area contributed by atoms with Gasteiger partial charge in [-0.3, -0.25) is 4.79 Å². The summed E-state index contributed by atoms with van der Waals surface area (Å²) in [5.74, 6) is 0.451. The number of amides is 1. The summed E-state index contributed by atoms with van der Waals surface area (Å²) in [5.41, 5.74) is 0.698. The normalized spacial score (nSPS) is 23.7. The van der Waals surface area contributed by atoms with Crippen molar-refractivity contribution in [3.63, 3.8) is 0 Å². The molecule has 3 heterocycles. The molecule has 4 rings (SSSR count). The average molecular weight is 343 g/mol. The summed E-state index contributed by atoms with van der Waals surface area (Å²) in [4.78, 5) is 21.7. The standard InChI is InChI=1S/C18H22FN5O/c1-12-20-17(21-24(12)15-5-3-13(19)4-6-15)18(25)23-14-7-8-16(23)11-22(2)10-9-14/h3-6,14,16H,7-11H2,1-2H3/t14?,16-/m1/s1. The molecule has 2 bridgehead atoms. The Hall–Kier alpha value is -2.28. The van der Waals surface area contributed by atoms with Gasteiger partial charge in [0.1, 0.15) is 11.6 Å². The SMILES string of the molecule is Cc1nc(C(=O)N2C3CC[C@@H]2CN(C)CC3)nn1-c1ccc(F)cc1. The average Bonchev–Trinajstić information content (AvgIpc) is 3.11. The van der Waals surface area contributed by atoms with Crippen molar-refractivity contribution in [3.05, 3.63) is 41.7 Å². The lowest BCUT2D eigenvalue weighted by Gasteiger charge is -2.27. The summed E-state index contributed by atoms with van der Waals surface area (Å²) in [6, 6.07) is 6.54. The summed E-state index contributed by atoms with van der Waals surface area (Å²) in [6.07, 6.45) is 3.09. The van der Waals surface area contributed by atoms with Crippen molar-refractivity contribution in [1.82, 2.24) is 24.6 Å². The van der Waals surface area contributed by atoms with Gasteiger partial charge < -0.3 is 9.80 Å². The summed E-state index contributed by atoms with van der Waals surface area (Å²) >= 11 is 0. The quantitative estimate of drug-likeness (QED) is 0.837. The van der Waals surface area contributed by atoms with Gasteiger partial charge in [-0.05, 0) is 64.0 Å². The van der Waals surface area contributed by atoms with Gasteiger partial charge in [0.05, 0.1) is 5.69 Å². The van der Waals surface area contributed by atoms with Crippen LogP contribution in [-0.2, 0) is 0 Å². The maximum absolute atomic E-state index is 13.1. The highest BCUT2D eigenvalue weighted by atomic mass is 19.1. The third kappa shape index (κ3) is 2.93. The first kappa shape index (κ1) is 16.2. The van der Waals surface area contributed by atoms with E-state index in [1.165, 1.54) is 12.1 Å². The molecule has 0 saturated carbocycles. The van der Waals surface area contributed by atoms with E-state index in [1.54, 1.807) is 23.7 Å². The predicted molar refractivity (Wildman–Crippen MR) is 91.1 cm³/mol. The number of likely N-dealkylation sites (tertiary alicyclic amines) is 1. The lowest BCUT2D eigenvalue weighted by molar-refractivity contribution is 0.0660. The van der Waals surface area contributed by atoms with Crippen LogP contribution < -0.4 is 0 Å². The van der Waals surface area contributed by atoms with Crippen molar-refractivity contribution in [3.8, 4) is 5.69 Å². The van der Waals surface area contributed by atoms with Gasteiger partial charge in [0.15, 0.2) is 0 Å². The van der Waals surface area contributed by atoms with Gasteiger partial charge in [0, 0.05) is 18.6 Å². The molecule has 132 valence electrons. The third-order valence-corrected chi connectivity index (χ3v) is 5.25. The van der Waals surface area contributed by atoms with E-state index < -0.39 is 0 Å². The van der Waals surface area contributed by atoms with E-state index in [2.05, 4.69) is 22.0 Å². The zero-order valence-corrected chi connectivity index (χ0v) is 14.5. The first-order valence-electron chi connectivity index (χ1n) is 8.74. The predicted octanol–water partition coefficient (Wildman–Crippen LogP) is 2.02. The summed E-state index contributed by atoms with van der Waals surface area (Å²) in [5, 5.41) is 4.41. The van der Waals surface area contributed by atoms with Gasteiger partial charge in [-0.25, -0.2) is 14.1 Å². The smallest absolute Gasteiger partial charge is 0.294 e. The Balaban J connectivity index is 1.63. The van der Waals surface area contributed by atoms with E-state index in [0.717, 1.165) is 32.4 Å². The molecule has 0 spiro atoms. The lowest BCUT2D eigenvalue weighted by atomic mass is 10.1. The van der Waals surface area contributed by atoms with Crippen LogP contribution in [0.5, 0.6) is 0 Å². The van der Waals surface area contributed by atoms with Crippen LogP contribution in [0.1, 0.15) is 35.7 Å². The number of hydrogen-bond donors (Lipinski definition) is 0. The second-order valence-electron chi connectivity index (χ2n) is 7.02. The summed E-state index contributed by atoms with van der Waals surface area (Å²) in [7, 11) is 2.11. The van der Waals surface area contributed by atoms with Crippen molar-refractivity contribution in [1.29, 1.82) is 0 Å². The van der Waals surface area contributed by atoms with Crippen LogP contribution in [0.2, 0.25) is 0 Å². The number of carbonyl (C=O) groups is 1. The van der Waals surface area contributed by atoms with Crippen molar-refractivity contribution in [2.45, 2.75) is 38.3 Å². The number of likely N-dealkylation sites (N-methyl/N-ethyl adjacent to an activating group) is 1. The van der Waals surface area contributed by atoms with Crippen LogP contribution in [0.15, 0.2) is 24.3 Å². The van der Waals surface area contributed by atoms with Gasteiger partial charge in [-0.15, -0.1) is 5.10 Å². The van der Waals surface area contributed by atoms with Crippen molar-refractivity contribution < 1.29 is 9.18 Å². The fourth-order valence-corrected chi connectivity index (χ4v) is 4.00. The monoisotopic (exact) mass is 343 g/mol. The van der Waals surface area contributed by atoms with E-state index in [0.29, 0.717) is 11.5 Å². The molecular weight excluding hydrogens is 321 g/mol. The molecule has 2 aliphatic heterocycles. The molecular formula is C18H22FN5O. The van der Waals surface area contributed by atoms with Crippen molar-refractivity contribution in [2.24, 2.45) is 0 Å². The number of rotatable bonds is 2. The maximum Gasteiger partial charge on any atom is 0.294 e. The first-order valence-corrected chi connectivity index (χ1v) is 8.74. The Kier molecular flexibility index (Phi) is 4.03. The number of aryl methyl sites for hydroxylation is 1. The molecule has 7 heteroatoms. The largest absolute Gasteiger partial charge is 0.329 e. The summed E-state index contributed by atoms with van der Waals surface area (Å²) in [6.45, 7) is 3.72. The van der Waals surface area contributed by atoms with Gasteiger partial charge in [0.25, 0.3) is 5.91 Å². The molecule has 2 aliphatic rings. The topological polar surface area (TPSA) is 54.3 Å². The number of nitrogens with zero attached hydrogens (tertiary/aromatic N) is 5. The molecule has 2 atom stereocenters. The highest BCUT2D eigenvalue weighted by Crippen LogP contribution is 2.31. The zero-order chi connectivity index (χ0) is 17.6. The van der Waals surface area contributed by atoms with Crippen LogP contribution >= 0.6 is 0 Å². The number of fused-ring (bicyclic) bond motifs is 2. The number of halogens is 1. The van der Waals surface area contributed by atoms with Crippen LogP contribution in [0.3, 0.4) is 0 Å². The van der Waals surface area contributed by atoms with Gasteiger partial charge in [-0.2, -0.15) is 0 Å². The molecule has 0 aliphatic carbocycles. The number of carbonyl (C=O) groups excluding carboxylic acids is 1.